The van der Waals surface area contributed by atoms with Crippen LogP contribution in [0.25, 0.3) is 0 Å². The molecular weight excluding hydrogens is 446 g/mol. The molecule has 1 heterocycles. The highest BCUT2D eigenvalue weighted by Crippen LogP contribution is 2.65. The van der Waals surface area contributed by atoms with Crippen molar-refractivity contribution in [2.75, 3.05) is 0 Å². The quantitative estimate of drug-likeness (QED) is 0.536. The van der Waals surface area contributed by atoms with Crippen molar-refractivity contribution < 1.29 is 19.1 Å². The number of esters is 1. The highest BCUT2D eigenvalue weighted by Gasteiger charge is 2.59. The molecule has 4 aliphatic carbocycles. The monoisotopic (exact) mass is 483 g/mol. The molecule has 0 unspecified atom stereocenters. The van der Waals surface area contributed by atoms with Crippen molar-refractivity contribution in [2.24, 2.45) is 28.6 Å². The first kappa shape index (κ1) is 23.8. The molecule has 3 fully saturated rings. The summed E-state index contributed by atoms with van der Waals surface area (Å²) in [5.41, 5.74) is 1.59. The van der Waals surface area contributed by atoms with Crippen LogP contribution in [0.3, 0.4) is 0 Å². The van der Waals surface area contributed by atoms with Crippen LogP contribution >= 0.6 is 11.3 Å². The molecule has 3 saturated carbocycles. The Balaban J connectivity index is 1.17. The molecule has 1 amide bonds. The summed E-state index contributed by atoms with van der Waals surface area (Å²) in [6, 6.07) is 3.95. The molecule has 1 aromatic heterocycles. The van der Waals surface area contributed by atoms with Crippen LogP contribution in [0.2, 0.25) is 0 Å². The third-order valence-electron chi connectivity index (χ3n) is 9.74. The van der Waals surface area contributed by atoms with Gasteiger partial charge in [0.15, 0.2) is 5.78 Å². The Labute approximate surface area is 206 Å². The van der Waals surface area contributed by atoms with E-state index >= 15 is 0 Å². The Kier molecular flexibility index (Phi) is 6.47. The van der Waals surface area contributed by atoms with Gasteiger partial charge in [0, 0.05) is 23.1 Å². The molecule has 1 aromatic rings. The lowest BCUT2D eigenvalue weighted by molar-refractivity contribution is -0.160. The van der Waals surface area contributed by atoms with E-state index in [0.717, 1.165) is 49.8 Å². The zero-order valence-electron chi connectivity index (χ0n) is 20.4. The average Bonchev–Trinajstić information content (AvgIpc) is 3.45. The maximum absolute atomic E-state index is 12.7. The predicted molar refractivity (Wildman–Crippen MR) is 132 cm³/mol. The molecule has 34 heavy (non-hydrogen) atoms. The minimum absolute atomic E-state index is 0.0281. The van der Waals surface area contributed by atoms with Crippen molar-refractivity contribution >= 4 is 29.0 Å². The fraction of sp³-hybridized carbons (Fsp3) is 0.679. The number of carbonyl (C=O) groups is 3. The molecule has 0 radical (unpaired) electrons. The van der Waals surface area contributed by atoms with Crippen LogP contribution in [0.5, 0.6) is 0 Å². The summed E-state index contributed by atoms with van der Waals surface area (Å²) >= 11 is 1.61. The van der Waals surface area contributed by atoms with E-state index in [2.05, 4.69) is 19.2 Å². The van der Waals surface area contributed by atoms with E-state index in [1.165, 1.54) is 5.57 Å². The van der Waals surface area contributed by atoms with Gasteiger partial charge in [0.25, 0.3) is 0 Å². The molecule has 4 aliphatic rings. The van der Waals surface area contributed by atoms with Crippen LogP contribution in [0, 0.1) is 28.6 Å². The molecule has 0 aliphatic heterocycles. The van der Waals surface area contributed by atoms with Crippen molar-refractivity contribution in [1.29, 1.82) is 0 Å². The second-order valence-electron chi connectivity index (χ2n) is 11.4. The maximum Gasteiger partial charge on any atom is 0.306 e. The standard InChI is InChI=1S/C28H37NO4S/c1-27-13-11-19(30)16-18(27)5-6-21-22-7-8-24(28(22,2)14-12-23(21)27)33-26(32)10-9-25(31)29-17-20-4-3-15-34-20/h3-4,15-16,21-24H,5-14,17H2,1-2H3,(H,29,31)/t21-,22-,23-,24+,27+,28+/m1/s1. The van der Waals surface area contributed by atoms with Crippen LogP contribution < -0.4 is 5.32 Å². The Hall–Kier alpha value is -1.95. The molecule has 0 saturated heterocycles. The van der Waals surface area contributed by atoms with E-state index in [-0.39, 0.29) is 41.7 Å². The number of carbonyl (C=O) groups excluding carboxylic acids is 3. The van der Waals surface area contributed by atoms with Crippen molar-refractivity contribution in [3.05, 3.63) is 34.0 Å². The van der Waals surface area contributed by atoms with Gasteiger partial charge in [0.2, 0.25) is 5.91 Å². The largest absolute Gasteiger partial charge is 0.462 e. The minimum Gasteiger partial charge on any atom is -0.462 e. The smallest absolute Gasteiger partial charge is 0.306 e. The van der Waals surface area contributed by atoms with E-state index in [1.54, 1.807) is 11.3 Å². The van der Waals surface area contributed by atoms with Crippen molar-refractivity contribution in [2.45, 2.75) is 90.7 Å². The number of hydrogen-bond acceptors (Lipinski definition) is 5. The molecule has 6 heteroatoms. The molecule has 6 atom stereocenters. The third-order valence-corrected chi connectivity index (χ3v) is 10.6. The number of ether oxygens (including phenoxy) is 1. The first-order valence-electron chi connectivity index (χ1n) is 13.0. The van der Waals surface area contributed by atoms with E-state index < -0.39 is 0 Å². The first-order chi connectivity index (χ1) is 16.3. The molecular formula is C28H37NO4S. The van der Waals surface area contributed by atoms with Gasteiger partial charge in [-0.3, -0.25) is 14.4 Å². The highest BCUT2D eigenvalue weighted by molar-refractivity contribution is 7.09. The topological polar surface area (TPSA) is 72.5 Å². The van der Waals surface area contributed by atoms with Crippen LogP contribution in [0.15, 0.2) is 29.2 Å². The Morgan fingerprint density at radius 1 is 1.09 bits per heavy atom. The van der Waals surface area contributed by atoms with Crippen molar-refractivity contribution in [3.63, 3.8) is 0 Å². The molecule has 0 bridgehead atoms. The molecule has 1 N–H and O–H groups in total. The summed E-state index contributed by atoms with van der Waals surface area (Å²) in [7, 11) is 0. The lowest BCUT2D eigenvalue weighted by Gasteiger charge is -2.57. The van der Waals surface area contributed by atoms with Gasteiger partial charge in [0.05, 0.1) is 13.0 Å². The average molecular weight is 484 g/mol. The lowest BCUT2D eigenvalue weighted by Crippen LogP contribution is -2.51. The fourth-order valence-corrected chi connectivity index (χ4v) is 8.47. The van der Waals surface area contributed by atoms with Gasteiger partial charge in [-0.05, 0) is 85.6 Å². The van der Waals surface area contributed by atoms with E-state index in [9.17, 15) is 14.4 Å². The number of thiophene rings is 1. The van der Waals surface area contributed by atoms with E-state index in [1.807, 2.05) is 23.6 Å². The second-order valence-corrected chi connectivity index (χ2v) is 12.5. The summed E-state index contributed by atoms with van der Waals surface area (Å²) in [5, 5.41) is 4.87. The van der Waals surface area contributed by atoms with Crippen LogP contribution in [0.1, 0.15) is 82.9 Å². The minimum atomic E-state index is -0.244. The van der Waals surface area contributed by atoms with Crippen LogP contribution in [0.4, 0.5) is 0 Å². The molecule has 5 rings (SSSR count). The van der Waals surface area contributed by atoms with Gasteiger partial charge in [-0.2, -0.15) is 0 Å². The Morgan fingerprint density at radius 2 is 1.94 bits per heavy atom. The van der Waals surface area contributed by atoms with Gasteiger partial charge in [-0.25, -0.2) is 0 Å². The number of fused-ring (bicyclic) bond motifs is 5. The summed E-state index contributed by atoms with van der Waals surface area (Å²) < 4.78 is 6.04. The Bertz CT molecular complexity index is 985. The first-order valence-corrected chi connectivity index (χ1v) is 13.9. The fourth-order valence-electron chi connectivity index (χ4n) is 7.83. The number of rotatable bonds is 6. The number of allylic oxidation sites excluding steroid dienone is 1. The highest BCUT2D eigenvalue weighted by atomic mass is 32.1. The Morgan fingerprint density at radius 3 is 2.74 bits per heavy atom. The van der Waals surface area contributed by atoms with Crippen molar-refractivity contribution in [1.82, 2.24) is 5.32 Å². The SMILES string of the molecule is C[C@]12CC[C@@H]3[C@H](CCC4=CC(=O)CC[C@@]43C)[C@H]1CC[C@@H]2OC(=O)CCC(=O)NCc1cccs1. The molecule has 5 nitrogen and oxygen atoms in total. The van der Waals surface area contributed by atoms with Gasteiger partial charge in [-0.1, -0.05) is 25.5 Å². The van der Waals surface area contributed by atoms with E-state index in [0.29, 0.717) is 36.5 Å². The van der Waals surface area contributed by atoms with Gasteiger partial charge in [-0.15, -0.1) is 11.3 Å². The number of hydrogen-bond donors (Lipinski definition) is 1. The van der Waals surface area contributed by atoms with Crippen molar-refractivity contribution in [3.8, 4) is 0 Å². The summed E-state index contributed by atoms with van der Waals surface area (Å²) in [5.74, 6) is 1.83. The normalized spacial score (nSPS) is 36.6. The summed E-state index contributed by atoms with van der Waals surface area (Å²) in [4.78, 5) is 38.0. The molecule has 184 valence electrons. The molecule has 0 aromatic carbocycles. The third kappa shape index (κ3) is 4.27. The second kappa shape index (κ2) is 9.25. The zero-order chi connectivity index (χ0) is 23.9. The van der Waals surface area contributed by atoms with E-state index in [4.69, 9.17) is 4.74 Å². The van der Waals surface area contributed by atoms with Gasteiger partial charge >= 0.3 is 5.97 Å². The molecule has 0 spiro atoms. The van der Waals surface area contributed by atoms with Gasteiger partial charge < -0.3 is 10.1 Å². The maximum atomic E-state index is 12.7. The van der Waals surface area contributed by atoms with Crippen LogP contribution in [-0.2, 0) is 25.7 Å². The number of nitrogens with one attached hydrogen (secondary N) is 1. The van der Waals surface area contributed by atoms with Crippen LogP contribution in [-0.4, -0.2) is 23.8 Å². The summed E-state index contributed by atoms with van der Waals surface area (Å²) in [6.45, 7) is 5.26. The number of amides is 1. The van der Waals surface area contributed by atoms with Gasteiger partial charge in [0.1, 0.15) is 6.10 Å². The summed E-state index contributed by atoms with van der Waals surface area (Å²) in [6.07, 6.45) is 10.4. The lowest BCUT2D eigenvalue weighted by atomic mass is 9.47. The predicted octanol–water partition coefficient (Wildman–Crippen LogP) is 5.59. The zero-order valence-corrected chi connectivity index (χ0v) is 21.3. The number of ketones is 1.